The second-order valence-electron chi connectivity index (χ2n) is 11.9. The van der Waals surface area contributed by atoms with Crippen LogP contribution in [0.4, 0.5) is 5.69 Å². The number of nitrogens with one attached hydrogen (secondary N) is 2. The van der Waals surface area contributed by atoms with E-state index in [0.29, 0.717) is 74.8 Å². The number of hydrogen-bond acceptors (Lipinski definition) is 8. The molecule has 2 bridgehead atoms. The van der Waals surface area contributed by atoms with Gasteiger partial charge >= 0.3 is 0 Å². The van der Waals surface area contributed by atoms with E-state index < -0.39 is 11.9 Å². The van der Waals surface area contributed by atoms with E-state index in [1.54, 1.807) is 42.0 Å². The SMILES string of the molecule is COc1ccc2cc1OCC(=O)N[C@@H](C)C(=O)N(C)CCCCN(C(=O)CN1C(=O)COc3ccc(C)cc31)CCCNC(=O)CC2. The van der Waals surface area contributed by atoms with E-state index in [0.717, 1.165) is 11.1 Å². The number of carbonyl (C=O) groups excluding carboxylic acids is 5. The smallest absolute Gasteiger partial charge is 0.265 e. The lowest BCUT2D eigenvalue weighted by Crippen LogP contribution is -2.47. The maximum absolute atomic E-state index is 13.6. The fraction of sp³-hybridized carbons (Fsp3) is 0.500. The first-order valence-corrected chi connectivity index (χ1v) is 16.0. The number of benzene rings is 2. The van der Waals surface area contributed by atoms with Crippen molar-refractivity contribution in [2.45, 2.75) is 52.0 Å². The molecule has 47 heavy (non-hydrogen) atoms. The van der Waals surface area contributed by atoms with Crippen molar-refractivity contribution in [3.05, 3.63) is 47.5 Å². The van der Waals surface area contributed by atoms with Gasteiger partial charge in [0.05, 0.1) is 12.8 Å². The summed E-state index contributed by atoms with van der Waals surface area (Å²) in [6.45, 7) is 4.55. The second kappa shape index (κ2) is 16.7. The summed E-state index contributed by atoms with van der Waals surface area (Å²) in [5.74, 6) is 0.0196. The summed E-state index contributed by atoms with van der Waals surface area (Å²) in [5.41, 5.74) is 2.34. The van der Waals surface area contributed by atoms with Gasteiger partial charge in [-0.05, 0) is 74.9 Å². The first-order valence-electron chi connectivity index (χ1n) is 16.0. The van der Waals surface area contributed by atoms with Crippen LogP contribution >= 0.6 is 0 Å². The molecule has 0 aromatic heterocycles. The monoisotopic (exact) mass is 651 g/mol. The Bertz CT molecular complexity index is 1460. The van der Waals surface area contributed by atoms with Crippen LogP contribution in [-0.2, 0) is 30.4 Å². The van der Waals surface area contributed by atoms with Gasteiger partial charge in [-0.3, -0.25) is 28.9 Å². The van der Waals surface area contributed by atoms with Gasteiger partial charge in [0.25, 0.3) is 11.8 Å². The molecular formula is C34H45N5O8. The molecule has 5 amide bonds. The molecule has 254 valence electrons. The van der Waals surface area contributed by atoms with Crippen molar-refractivity contribution < 1.29 is 38.2 Å². The minimum atomic E-state index is -0.767. The highest BCUT2D eigenvalue weighted by Gasteiger charge is 2.29. The minimum Gasteiger partial charge on any atom is -0.493 e. The highest BCUT2D eigenvalue weighted by Crippen LogP contribution is 2.33. The Hall–Kier alpha value is -4.81. The summed E-state index contributed by atoms with van der Waals surface area (Å²) in [6, 6.07) is 10.0. The number of carbonyl (C=O) groups is 5. The summed E-state index contributed by atoms with van der Waals surface area (Å²) < 4.78 is 16.6. The van der Waals surface area contributed by atoms with Crippen LogP contribution in [0.2, 0.25) is 0 Å². The fourth-order valence-electron chi connectivity index (χ4n) is 5.50. The zero-order valence-electron chi connectivity index (χ0n) is 27.6. The van der Waals surface area contributed by atoms with Gasteiger partial charge in [-0.25, -0.2) is 0 Å². The lowest BCUT2D eigenvalue weighted by atomic mass is 10.1. The number of nitrogens with zero attached hydrogens (tertiary/aromatic N) is 3. The normalized spacial score (nSPS) is 19.2. The van der Waals surface area contributed by atoms with E-state index >= 15 is 0 Å². The van der Waals surface area contributed by atoms with Gasteiger partial charge in [-0.2, -0.15) is 0 Å². The van der Waals surface area contributed by atoms with Crippen LogP contribution in [0.3, 0.4) is 0 Å². The first kappa shape index (κ1) is 35.1. The van der Waals surface area contributed by atoms with Crippen molar-refractivity contribution in [1.29, 1.82) is 0 Å². The molecule has 2 aromatic carbocycles. The number of ether oxygens (including phenoxy) is 3. The molecule has 0 saturated heterocycles. The molecule has 2 N–H and O–H groups in total. The second-order valence-corrected chi connectivity index (χ2v) is 11.9. The average molecular weight is 652 g/mol. The summed E-state index contributed by atoms with van der Waals surface area (Å²) in [4.78, 5) is 69.4. The summed E-state index contributed by atoms with van der Waals surface area (Å²) in [6.07, 6.45) is 2.42. The van der Waals surface area contributed by atoms with Gasteiger partial charge < -0.3 is 34.6 Å². The van der Waals surface area contributed by atoms with Crippen LogP contribution in [-0.4, -0.2) is 105 Å². The zero-order valence-corrected chi connectivity index (χ0v) is 27.6. The number of likely N-dealkylation sites (N-methyl/N-ethyl adjacent to an activating group) is 1. The Labute approximate surface area is 275 Å². The molecule has 0 saturated carbocycles. The van der Waals surface area contributed by atoms with Crippen LogP contribution in [0.1, 0.15) is 43.7 Å². The van der Waals surface area contributed by atoms with E-state index in [1.165, 1.54) is 12.0 Å². The molecule has 4 rings (SSSR count). The van der Waals surface area contributed by atoms with Gasteiger partial charge in [0.2, 0.25) is 17.7 Å². The van der Waals surface area contributed by atoms with E-state index in [-0.39, 0.29) is 49.8 Å². The number of rotatable bonds is 3. The average Bonchev–Trinajstić information content (AvgIpc) is 3.05. The van der Waals surface area contributed by atoms with Crippen molar-refractivity contribution in [3.8, 4) is 17.2 Å². The molecule has 2 aromatic rings. The van der Waals surface area contributed by atoms with E-state index in [2.05, 4.69) is 10.6 Å². The standard InChI is InChI=1S/C34H45N5O8/c1-23-8-11-27-26(18-23)39(33(43)22-47-27)20-32(42)38-16-6-5-15-37(3)34(44)24(2)36-31(41)21-46-29-19-25(9-12-28(29)45-4)10-13-30(40)35-14-7-17-38/h8-9,11-12,18-19,24H,5-7,10,13-17,20-22H2,1-4H3,(H,35,40)(H,36,41)/t24-/m0/s1. The fourth-order valence-corrected chi connectivity index (χ4v) is 5.50. The van der Waals surface area contributed by atoms with E-state index in [4.69, 9.17) is 14.2 Å². The van der Waals surface area contributed by atoms with Crippen molar-refractivity contribution in [1.82, 2.24) is 20.4 Å². The number of methoxy groups -OCH3 is 1. The van der Waals surface area contributed by atoms with Crippen LogP contribution < -0.4 is 29.7 Å². The molecule has 13 nitrogen and oxygen atoms in total. The summed E-state index contributed by atoms with van der Waals surface area (Å²) >= 11 is 0. The lowest BCUT2D eigenvalue weighted by molar-refractivity contribution is -0.135. The molecule has 2 aliphatic heterocycles. The van der Waals surface area contributed by atoms with Gasteiger partial charge in [-0.1, -0.05) is 12.1 Å². The van der Waals surface area contributed by atoms with Gasteiger partial charge in [0, 0.05) is 39.6 Å². The quantitative estimate of drug-likeness (QED) is 0.511. The summed E-state index contributed by atoms with van der Waals surface area (Å²) in [7, 11) is 3.17. The van der Waals surface area contributed by atoms with Crippen LogP contribution in [0.25, 0.3) is 0 Å². The maximum Gasteiger partial charge on any atom is 0.265 e. The predicted octanol–water partition coefficient (Wildman–Crippen LogP) is 1.83. The summed E-state index contributed by atoms with van der Waals surface area (Å²) in [5, 5.41) is 5.61. The van der Waals surface area contributed by atoms with E-state index in [9.17, 15) is 24.0 Å². The molecule has 1 atom stereocenters. The van der Waals surface area contributed by atoms with Gasteiger partial charge in [-0.15, -0.1) is 0 Å². The van der Waals surface area contributed by atoms with Crippen molar-refractivity contribution in [2.24, 2.45) is 0 Å². The molecular weight excluding hydrogens is 606 g/mol. The highest BCUT2D eigenvalue weighted by molar-refractivity contribution is 6.02. The maximum atomic E-state index is 13.6. The third-order valence-electron chi connectivity index (χ3n) is 8.15. The van der Waals surface area contributed by atoms with E-state index in [1.807, 2.05) is 25.1 Å². The number of aryl methyl sites for hydroxylation is 2. The molecule has 2 heterocycles. The Balaban J connectivity index is 1.45. The Kier molecular flexibility index (Phi) is 12.4. The number of anilines is 1. The lowest BCUT2D eigenvalue weighted by Gasteiger charge is -2.32. The Morgan fingerprint density at radius 3 is 2.45 bits per heavy atom. The largest absolute Gasteiger partial charge is 0.493 e. The number of fused-ring (bicyclic) bond motifs is 3. The molecule has 0 aliphatic carbocycles. The van der Waals surface area contributed by atoms with Crippen molar-refractivity contribution >= 4 is 35.2 Å². The Morgan fingerprint density at radius 1 is 0.915 bits per heavy atom. The van der Waals surface area contributed by atoms with Gasteiger partial charge in [0.1, 0.15) is 18.3 Å². The molecule has 0 spiro atoms. The number of amides is 5. The van der Waals surface area contributed by atoms with Crippen molar-refractivity contribution in [3.63, 3.8) is 0 Å². The zero-order chi connectivity index (χ0) is 33.9. The van der Waals surface area contributed by atoms with Crippen LogP contribution in [0.5, 0.6) is 17.2 Å². The Morgan fingerprint density at radius 2 is 1.66 bits per heavy atom. The number of hydrogen-bond donors (Lipinski definition) is 2. The predicted molar refractivity (Wildman–Crippen MR) is 175 cm³/mol. The molecule has 2 aliphatic rings. The highest BCUT2D eigenvalue weighted by atomic mass is 16.5. The third kappa shape index (κ3) is 9.84. The molecule has 13 heteroatoms. The molecule has 0 radical (unpaired) electrons. The first-order chi connectivity index (χ1) is 22.5. The van der Waals surface area contributed by atoms with Crippen molar-refractivity contribution in [2.75, 3.05) is 65.0 Å². The molecule has 0 unspecified atom stereocenters. The topological polar surface area (TPSA) is 147 Å². The van der Waals surface area contributed by atoms with Crippen LogP contribution in [0.15, 0.2) is 36.4 Å². The van der Waals surface area contributed by atoms with Gasteiger partial charge in [0.15, 0.2) is 24.7 Å². The minimum absolute atomic E-state index is 0.129. The van der Waals surface area contributed by atoms with Crippen LogP contribution in [0, 0.1) is 6.92 Å². The molecule has 0 fully saturated rings. The third-order valence-corrected chi connectivity index (χ3v) is 8.15.